The van der Waals surface area contributed by atoms with E-state index in [4.69, 9.17) is 4.74 Å². The zero-order valence-corrected chi connectivity index (χ0v) is 11.2. The molecule has 1 aliphatic rings. The molecule has 0 saturated heterocycles. The molecule has 1 aromatic rings. The summed E-state index contributed by atoms with van der Waals surface area (Å²) in [4.78, 5) is 0. The average molecular weight is 245 g/mol. The molecule has 0 bridgehead atoms. The highest BCUT2D eigenvalue weighted by Crippen LogP contribution is 2.17. The number of hydrogen-bond donors (Lipinski definition) is 1. The number of likely N-dealkylation sites (N-methyl/N-ethyl adjacent to an activating group) is 1. The molecule has 2 rings (SSSR count). The first-order valence-corrected chi connectivity index (χ1v) is 7.00. The van der Waals surface area contributed by atoms with Gasteiger partial charge in [-0.3, -0.25) is 0 Å². The molecule has 0 amide bonds. The Labute approximate surface area is 110 Å². The molecule has 1 aromatic carbocycles. The summed E-state index contributed by atoms with van der Waals surface area (Å²) >= 11 is 0. The predicted octanol–water partition coefficient (Wildman–Crippen LogP) is 3.29. The van der Waals surface area contributed by atoms with E-state index in [1.54, 1.807) is 0 Å². The Morgan fingerprint density at radius 2 is 2.11 bits per heavy atom. The zero-order chi connectivity index (χ0) is 12.6. The standard InChI is InChI=1S/C16H23NO/c1-2-17-15(16-10-6-7-13-18-16)12-11-14-8-4-3-5-9-14/h3-5,8-10,15,17H,2,6-7,11-13H2,1H3. The molecule has 0 radical (unpaired) electrons. The van der Waals surface area contributed by atoms with Crippen LogP contribution in [0.3, 0.4) is 0 Å². The van der Waals surface area contributed by atoms with Crippen molar-refractivity contribution in [2.45, 2.75) is 38.6 Å². The molecule has 1 atom stereocenters. The first-order valence-electron chi connectivity index (χ1n) is 7.00. The second kappa shape index (κ2) is 7.22. The van der Waals surface area contributed by atoms with E-state index in [1.165, 1.54) is 5.56 Å². The summed E-state index contributed by atoms with van der Waals surface area (Å²) in [6.07, 6.45) is 6.76. The third kappa shape index (κ3) is 3.88. The molecule has 98 valence electrons. The van der Waals surface area contributed by atoms with Gasteiger partial charge in [0.15, 0.2) is 0 Å². The van der Waals surface area contributed by atoms with E-state index < -0.39 is 0 Å². The molecule has 1 aliphatic heterocycles. The van der Waals surface area contributed by atoms with E-state index in [9.17, 15) is 0 Å². The number of ether oxygens (including phenoxy) is 1. The number of hydrogen-bond acceptors (Lipinski definition) is 2. The van der Waals surface area contributed by atoms with E-state index in [0.717, 1.165) is 44.6 Å². The lowest BCUT2D eigenvalue weighted by Crippen LogP contribution is -2.33. The summed E-state index contributed by atoms with van der Waals surface area (Å²) in [7, 11) is 0. The summed E-state index contributed by atoms with van der Waals surface area (Å²) < 4.78 is 5.78. The lowest BCUT2D eigenvalue weighted by atomic mass is 10.0. The fourth-order valence-electron chi connectivity index (χ4n) is 2.37. The van der Waals surface area contributed by atoms with Crippen LogP contribution in [0.4, 0.5) is 0 Å². The summed E-state index contributed by atoms with van der Waals surface area (Å²) in [5.41, 5.74) is 1.40. The predicted molar refractivity (Wildman–Crippen MR) is 75.5 cm³/mol. The molecular weight excluding hydrogens is 222 g/mol. The van der Waals surface area contributed by atoms with Gasteiger partial charge in [-0.2, -0.15) is 0 Å². The van der Waals surface area contributed by atoms with Crippen molar-refractivity contribution in [3.8, 4) is 0 Å². The van der Waals surface area contributed by atoms with Gasteiger partial charge in [-0.1, -0.05) is 37.3 Å². The quantitative estimate of drug-likeness (QED) is 0.830. The van der Waals surface area contributed by atoms with Crippen LogP contribution in [0.5, 0.6) is 0 Å². The zero-order valence-electron chi connectivity index (χ0n) is 11.2. The van der Waals surface area contributed by atoms with Crippen LogP contribution in [0.25, 0.3) is 0 Å². The smallest absolute Gasteiger partial charge is 0.109 e. The van der Waals surface area contributed by atoms with Gasteiger partial charge in [0, 0.05) is 0 Å². The molecule has 0 saturated carbocycles. The molecule has 18 heavy (non-hydrogen) atoms. The lowest BCUT2D eigenvalue weighted by Gasteiger charge is -2.24. The lowest BCUT2D eigenvalue weighted by molar-refractivity contribution is 0.165. The topological polar surface area (TPSA) is 21.3 Å². The maximum atomic E-state index is 5.78. The average Bonchev–Trinajstić information content (AvgIpc) is 2.45. The summed E-state index contributed by atoms with van der Waals surface area (Å²) in [6.45, 7) is 4.01. The maximum Gasteiger partial charge on any atom is 0.109 e. The van der Waals surface area contributed by atoms with Crippen molar-refractivity contribution in [2.24, 2.45) is 0 Å². The van der Waals surface area contributed by atoms with Crippen molar-refractivity contribution < 1.29 is 4.74 Å². The fourth-order valence-corrected chi connectivity index (χ4v) is 2.37. The Morgan fingerprint density at radius 3 is 2.78 bits per heavy atom. The van der Waals surface area contributed by atoms with Gasteiger partial charge in [-0.15, -0.1) is 0 Å². The molecule has 1 heterocycles. The molecule has 2 heteroatoms. The second-order valence-electron chi connectivity index (χ2n) is 4.73. The van der Waals surface area contributed by atoms with Crippen LogP contribution in [0, 0.1) is 0 Å². The van der Waals surface area contributed by atoms with E-state index in [0.29, 0.717) is 6.04 Å². The van der Waals surface area contributed by atoms with Crippen LogP contribution in [0.1, 0.15) is 31.7 Å². The van der Waals surface area contributed by atoms with Crippen LogP contribution < -0.4 is 5.32 Å². The van der Waals surface area contributed by atoms with Crippen LogP contribution in [-0.4, -0.2) is 19.2 Å². The third-order valence-electron chi connectivity index (χ3n) is 3.32. The van der Waals surface area contributed by atoms with E-state index >= 15 is 0 Å². The molecule has 2 nitrogen and oxygen atoms in total. The molecule has 0 spiro atoms. The van der Waals surface area contributed by atoms with Gasteiger partial charge in [0.05, 0.1) is 12.6 Å². The van der Waals surface area contributed by atoms with Gasteiger partial charge in [0.25, 0.3) is 0 Å². The van der Waals surface area contributed by atoms with Gasteiger partial charge in [-0.05, 0) is 43.9 Å². The number of aryl methyl sites for hydroxylation is 1. The van der Waals surface area contributed by atoms with Gasteiger partial charge < -0.3 is 10.1 Å². The first kappa shape index (κ1) is 13.2. The van der Waals surface area contributed by atoms with E-state index in [-0.39, 0.29) is 0 Å². The van der Waals surface area contributed by atoms with E-state index in [1.807, 2.05) is 0 Å². The largest absolute Gasteiger partial charge is 0.497 e. The molecular formula is C16H23NO. The molecule has 1 unspecified atom stereocenters. The highest BCUT2D eigenvalue weighted by Gasteiger charge is 2.16. The van der Waals surface area contributed by atoms with Crippen molar-refractivity contribution in [1.29, 1.82) is 0 Å². The molecule has 0 aliphatic carbocycles. The van der Waals surface area contributed by atoms with Gasteiger partial charge in [-0.25, -0.2) is 0 Å². The Hall–Kier alpha value is -1.28. The van der Waals surface area contributed by atoms with Crippen molar-refractivity contribution in [1.82, 2.24) is 5.32 Å². The SMILES string of the molecule is CCNC(CCc1ccccc1)C1=CCCCO1. The first-order chi connectivity index (χ1) is 8.90. The third-order valence-corrected chi connectivity index (χ3v) is 3.32. The van der Waals surface area contributed by atoms with Crippen LogP contribution in [-0.2, 0) is 11.2 Å². The van der Waals surface area contributed by atoms with Crippen molar-refractivity contribution >= 4 is 0 Å². The summed E-state index contributed by atoms with van der Waals surface area (Å²) in [5, 5.41) is 3.53. The molecule has 1 N–H and O–H groups in total. The Kier molecular flexibility index (Phi) is 5.28. The van der Waals surface area contributed by atoms with Gasteiger partial charge in [0.1, 0.15) is 5.76 Å². The maximum absolute atomic E-state index is 5.78. The monoisotopic (exact) mass is 245 g/mol. The van der Waals surface area contributed by atoms with Gasteiger partial charge in [0.2, 0.25) is 0 Å². The van der Waals surface area contributed by atoms with Crippen LogP contribution in [0.2, 0.25) is 0 Å². The minimum atomic E-state index is 0.371. The van der Waals surface area contributed by atoms with Crippen LogP contribution >= 0.6 is 0 Å². The van der Waals surface area contributed by atoms with Crippen molar-refractivity contribution in [2.75, 3.05) is 13.2 Å². The Balaban J connectivity index is 1.91. The second-order valence-corrected chi connectivity index (χ2v) is 4.73. The minimum absolute atomic E-state index is 0.371. The highest BCUT2D eigenvalue weighted by atomic mass is 16.5. The summed E-state index contributed by atoms with van der Waals surface area (Å²) in [6, 6.07) is 11.0. The number of allylic oxidation sites excluding steroid dienone is 1. The summed E-state index contributed by atoms with van der Waals surface area (Å²) in [5.74, 6) is 1.15. The highest BCUT2D eigenvalue weighted by molar-refractivity contribution is 5.16. The van der Waals surface area contributed by atoms with Crippen molar-refractivity contribution in [3.05, 3.63) is 47.7 Å². The normalized spacial score (nSPS) is 16.8. The number of rotatable bonds is 6. The Morgan fingerprint density at radius 1 is 1.28 bits per heavy atom. The number of nitrogens with one attached hydrogen (secondary N) is 1. The molecule has 0 fully saturated rings. The van der Waals surface area contributed by atoms with Gasteiger partial charge >= 0.3 is 0 Å². The Bertz CT molecular complexity index is 372. The van der Waals surface area contributed by atoms with Crippen LogP contribution in [0.15, 0.2) is 42.2 Å². The minimum Gasteiger partial charge on any atom is -0.497 e. The van der Waals surface area contributed by atoms with Crippen molar-refractivity contribution in [3.63, 3.8) is 0 Å². The number of benzene rings is 1. The van der Waals surface area contributed by atoms with E-state index in [2.05, 4.69) is 48.6 Å². The fraction of sp³-hybridized carbons (Fsp3) is 0.500. The molecule has 0 aromatic heterocycles.